The second-order valence-electron chi connectivity index (χ2n) is 4.38. The fourth-order valence-electron chi connectivity index (χ4n) is 1.89. The molecule has 0 heterocycles. The van der Waals surface area contributed by atoms with E-state index < -0.39 is 0 Å². The van der Waals surface area contributed by atoms with Crippen molar-refractivity contribution in [2.45, 2.75) is 52.4 Å². The molecule has 0 amide bonds. The fraction of sp³-hybridized carbons (Fsp3) is 0.833. The van der Waals surface area contributed by atoms with Gasteiger partial charge in [0.05, 0.1) is 0 Å². The first kappa shape index (κ1) is 9.83. The predicted octanol–water partition coefficient (Wildman–Crippen LogP) is 4.17. The molecule has 0 aromatic heterocycles. The summed E-state index contributed by atoms with van der Waals surface area (Å²) in [7, 11) is 0. The van der Waals surface area contributed by atoms with Crippen LogP contribution >= 0.6 is 0 Å². The zero-order valence-electron chi connectivity index (χ0n) is 8.55. The largest absolute Gasteiger partial charge is 0.0880 e. The minimum Gasteiger partial charge on any atom is -0.0880 e. The molecule has 12 heavy (non-hydrogen) atoms. The molecule has 1 aliphatic carbocycles. The van der Waals surface area contributed by atoms with Crippen LogP contribution < -0.4 is 0 Å². The first-order valence-electron chi connectivity index (χ1n) is 5.45. The zero-order valence-corrected chi connectivity index (χ0v) is 8.55. The smallest absolute Gasteiger partial charge is 0.0262 e. The van der Waals surface area contributed by atoms with Crippen molar-refractivity contribution in [3.8, 4) is 0 Å². The summed E-state index contributed by atoms with van der Waals surface area (Å²) in [6, 6.07) is 0. The Kier molecular flexibility index (Phi) is 4.42. The summed E-state index contributed by atoms with van der Waals surface area (Å²) < 4.78 is 0. The Morgan fingerprint density at radius 2 is 1.75 bits per heavy atom. The second kappa shape index (κ2) is 5.40. The summed E-state index contributed by atoms with van der Waals surface area (Å²) in [6.07, 6.45) is 13.2. The molecule has 0 fully saturated rings. The number of hydrogen-bond acceptors (Lipinski definition) is 0. The Labute approximate surface area is 77.1 Å². The van der Waals surface area contributed by atoms with E-state index in [0.29, 0.717) is 0 Å². The Balaban J connectivity index is 2.36. The molecule has 0 saturated carbocycles. The molecule has 0 nitrogen and oxygen atoms in total. The van der Waals surface area contributed by atoms with Gasteiger partial charge >= 0.3 is 0 Å². The van der Waals surface area contributed by atoms with Crippen molar-refractivity contribution < 1.29 is 0 Å². The highest BCUT2D eigenvalue weighted by Crippen LogP contribution is 2.19. The molecule has 70 valence electrons. The minimum absolute atomic E-state index is 0.815. The SMILES string of the molecule is CC1C=CCC(C)CCCCC1. The third-order valence-corrected chi connectivity index (χ3v) is 2.86. The maximum atomic E-state index is 2.40. The summed E-state index contributed by atoms with van der Waals surface area (Å²) >= 11 is 0. The lowest BCUT2D eigenvalue weighted by atomic mass is 9.94. The average Bonchev–Trinajstić information content (AvgIpc) is 2.04. The summed E-state index contributed by atoms with van der Waals surface area (Å²) in [5.41, 5.74) is 0. The van der Waals surface area contributed by atoms with Gasteiger partial charge in [-0.25, -0.2) is 0 Å². The molecule has 2 atom stereocenters. The summed E-state index contributed by atoms with van der Waals surface area (Å²) in [6.45, 7) is 4.71. The third kappa shape index (κ3) is 3.94. The van der Waals surface area contributed by atoms with E-state index in [1.54, 1.807) is 0 Å². The maximum absolute atomic E-state index is 2.40. The fourth-order valence-corrected chi connectivity index (χ4v) is 1.89. The van der Waals surface area contributed by atoms with Crippen LogP contribution in [0, 0.1) is 11.8 Å². The van der Waals surface area contributed by atoms with Gasteiger partial charge in [-0.1, -0.05) is 51.7 Å². The van der Waals surface area contributed by atoms with Crippen molar-refractivity contribution in [1.29, 1.82) is 0 Å². The first-order valence-corrected chi connectivity index (χ1v) is 5.45. The van der Waals surface area contributed by atoms with E-state index in [4.69, 9.17) is 0 Å². The van der Waals surface area contributed by atoms with Crippen LogP contribution in [-0.4, -0.2) is 0 Å². The van der Waals surface area contributed by atoms with Crippen LogP contribution in [0.3, 0.4) is 0 Å². The van der Waals surface area contributed by atoms with Gasteiger partial charge in [-0.15, -0.1) is 0 Å². The molecule has 1 rings (SSSR count). The molecular formula is C12H22. The molecular weight excluding hydrogens is 144 g/mol. The highest BCUT2D eigenvalue weighted by Gasteiger charge is 2.03. The Morgan fingerprint density at radius 3 is 2.58 bits per heavy atom. The van der Waals surface area contributed by atoms with E-state index in [-0.39, 0.29) is 0 Å². The van der Waals surface area contributed by atoms with Gasteiger partial charge in [0.15, 0.2) is 0 Å². The third-order valence-electron chi connectivity index (χ3n) is 2.86. The van der Waals surface area contributed by atoms with Crippen LogP contribution in [0.2, 0.25) is 0 Å². The minimum atomic E-state index is 0.815. The van der Waals surface area contributed by atoms with E-state index in [2.05, 4.69) is 26.0 Å². The van der Waals surface area contributed by atoms with Crippen LogP contribution in [0.5, 0.6) is 0 Å². The van der Waals surface area contributed by atoms with Crippen molar-refractivity contribution in [1.82, 2.24) is 0 Å². The molecule has 0 radical (unpaired) electrons. The molecule has 0 saturated heterocycles. The van der Waals surface area contributed by atoms with Crippen LogP contribution in [0.15, 0.2) is 12.2 Å². The highest BCUT2D eigenvalue weighted by atomic mass is 14.1. The van der Waals surface area contributed by atoms with Gasteiger partial charge in [0.25, 0.3) is 0 Å². The van der Waals surface area contributed by atoms with E-state index in [1.807, 2.05) is 0 Å². The van der Waals surface area contributed by atoms with Gasteiger partial charge in [0, 0.05) is 0 Å². The second-order valence-corrected chi connectivity index (χ2v) is 4.38. The van der Waals surface area contributed by atoms with Crippen LogP contribution in [0.4, 0.5) is 0 Å². The molecule has 0 heteroatoms. The van der Waals surface area contributed by atoms with E-state index in [1.165, 1.54) is 38.5 Å². The van der Waals surface area contributed by atoms with Gasteiger partial charge in [-0.05, 0) is 24.7 Å². The predicted molar refractivity (Wildman–Crippen MR) is 55.2 cm³/mol. The quantitative estimate of drug-likeness (QED) is 0.474. The Morgan fingerprint density at radius 1 is 1.00 bits per heavy atom. The van der Waals surface area contributed by atoms with Gasteiger partial charge < -0.3 is 0 Å². The maximum Gasteiger partial charge on any atom is -0.0262 e. The number of rotatable bonds is 0. The molecule has 0 N–H and O–H groups in total. The highest BCUT2D eigenvalue weighted by molar-refractivity contribution is 4.88. The molecule has 1 aliphatic rings. The van der Waals surface area contributed by atoms with Gasteiger partial charge in [-0.2, -0.15) is 0 Å². The van der Waals surface area contributed by atoms with Crippen molar-refractivity contribution >= 4 is 0 Å². The van der Waals surface area contributed by atoms with Gasteiger partial charge in [0.1, 0.15) is 0 Å². The first-order chi connectivity index (χ1) is 5.79. The molecule has 0 aromatic rings. The van der Waals surface area contributed by atoms with E-state index in [0.717, 1.165) is 11.8 Å². The van der Waals surface area contributed by atoms with Gasteiger partial charge in [-0.3, -0.25) is 0 Å². The molecule has 0 aromatic carbocycles. The van der Waals surface area contributed by atoms with Crippen molar-refractivity contribution in [3.63, 3.8) is 0 Å². The molecule has 0 bridgehead atoms. The Bertz CT molecular complexity index is 135. The standard InChI is InChI=1S/C12H22/c1-11-7-4-3-5-8-12(2)10-6-9-11/h6,9,11-12H,3-5,7-8,10H2,1-2H3. The lowest BCUT2D eigenvalue weighted by Crippen LogP contribution is -1.97. The van der Waals surface area contributed by atoms with Crippen LogP contribution in [-0.2, 0) is 0 Å². The Hall–Kier alpha value is -0.260. The summed E-state index contributed by atoms with van der Waals surface area (Å²) in [5.74, 6) is 1.72. The van der Waals surface area contributed by atoms with Crippen LogP contribution in [0.1, 0.15) is 52.4 Å². The molecule has 0 aliphatic heterocycles. The zero-order chi connectivity index (χ0) is 8.81. The van der Waals surface area contributed by atoms with E-state index >= 15 is 0 Å². The van der Waals surface area contributed by atoms with Crippen molar-refractivity contribution in [2.75, 3.05) is 0 Å². The van der Waals surface area contributed by atoms with E-state index in [9.17, 15) is 0 Å². The van der Waals surface area contributed by atoms with Crippen molar-refractivity contribution in [2.24, 2.45) is 11.8 Å². The average molecular weight is 166 g/mol. The monoisotopic (exact) mass is 166 g/mol. The van der Waals surface area contributed by atoms with Gasteiger partial charge in [0.2, 0.25) is 0 Å². The van der Waals surface area contributed by atoms with Crippen molar-refractivity contribution in [3.05, 3.63) is 12.2 Å². The van der Waals surface area contributed by atoms with Crippen LogP contribution in [0.25, 0.3) is 0 Å². The number of hydrogen-bond donors (Lipinski definition) is 0. The summed E-state index contributed by atoms with van der Waals surface area (Å²) in [5, 5.41) is 0. The number of allylic oxidation sites excluding steroid dienone is 2. The molecule has 2 unspecified atom stereocenters. The lowest BCUT2D eigenvalue weighted by molar-refractivity contribution is 0.468. The molecule has 0 spiro atoms. The lowest BCUT2D eigenvalue weighted by Gasteiger charge is -2.12. The topological polar surface area (TPSA) is 0 Å². The normalized spacial score (nSPS) is 33.2. The summed E-state index contributed by atoms with van der Waals surface area (Å²) in [4.78, 5) is 0.